The number of hydrogen-bond donors (Lipinski definition) is 3. The highest BCUT2D eigenvalue weighted by atomic mass is 19.1. The molecule has 1 heterocycles. The molecule has 1 aromatic heterocycles. The number of nitrogen functional groups attached to an aromatic ring is 1. The molecule has 4 N–H and O–H groups in total. The number of halogens is 1. The van der Waals surface area contributed by atoms with E-state index in [9.17, 15) is 9.18 Å². The highest BCUT2D eigenvalue weighted by Crippen LogP contribution is 2.18. The molecule has 0 saturated heterocycles. The van der Waals surface area contributed by atoms with E-state index in [4.69, 9.17) is 10.4 Å². The van der Waals surface area contributed by atoms with Crippen molar-refractivity contribution in [1.29, 1.82) is 0 Å². The monoisotopic (exact) mass is 265 g/mol. The van der Waals surface area contributed by atoms with Crippen LogP contribution in [0.25, 0.3) is 0 Å². The van der Waals surface area contributed by atoms with Crippen LogP contribution in [0.2, 0.25) is 0 Å². The molecule has 8 heteroatoms. The predicted octanol–water partition coefficient (Wildman–Crippen LogP) is 0.733. The van der Waals surface area contributed by atoms with E-state index in [1.165, 1.54) is 18.2 Å². The number of anilines is 1. The maximum Gasteiger partial charge on any atom is 0.253 e. The smallest absolute Gasteiger partial charge is 0.253 e. The third-order valence-corrected chi connectivity index (χ3v) is 2.37. The number of hydrazine groups is 1. The summed E-state index contributed by atoms with van der Waals surface area (Å²) < 4.78 is 18.3. The molecule has 0 bridgehead atoms. The summed E-state index contributed by atoms with van der Waals surface area (Å²) in [5, 5.41) is 6.12. The van der Waals surface area contributed by atoms with Gasteiger partial charge in [-0.05, 0) is 19.1 Å². The number of rotatable bonds is 4. The molecule has 2 rings (SSSR count). The van der Waals surface area contributed by atoms with Crippen molar-refractivity contribution >= 4 is 11.6 Å². The molecule has 0 fully saturated rings. The number of amides is 1. The fraction of sp³-hybridized carbons (Fsp3) is 0.182. The molecule has 0 atom stereocenters. The van der Waals surface area contributed by atoms with Gasteiger partial charge in [0.1, 0.15) is 5.82 Å². The van der Waals surface area contributed by atoms with Crippen molar-refractivity contribution in [3.8, 4) is 0 Å². The molecule has 0 saturated carbocycles. The second-order valence-corrected chi connectivity index (χ2v) is 3.72. The Morgan fingerprint density at radius 2 is 2.32 bits per heavy atom. The molecule has 0 aliphatic heterocycles. The van der Waals surface area contributed by atoms with Crippen molar-refractivity contribution in [2.45, 2.75) is 13.5 Å². The van der Waals surface area contributed by atoms with Gasteiger partial charge in [-0.3, -0.25) is 10.6 Å². The average Bonchev–Trinajstić information content (AvgIpc) is 2.81. The van der Waals surface area contributed by atoms with Gasteiger partial charge >= 0.3 is 0 Å². The number of aromatic nitrogens is 2. The fourth-order valence-electron chi connectivity index (χ4n) is 1.52. The number of carbonyl (C=O) groups excluding carboxylic acids is 1. The maximum absolute atomic E-state index is 13.4. The minimum atomic E-state index is -0.608. The summed E-state index contributed by atoms with van der Waals surface area (Å²) in [6.45, 7) is 1.72. The summed E-state index contributed by atoms with van der Waals surface area (Å²) in [6, 6.07) is 4.07. The van der Waals surface area contributed by atoms with Gasteiger partial charge in [0, 0.05) is 0 Å². The van der Waals surface area contributed by atoms with Crippen molar-refractivity contribution in [3.63, 3.8) is 0 Å². The van der Waals surface area contributed by atoms with Crippen LogP contribution in [0.1, 0.15) is 22.1 Å². The first-order valence-corrected chi connectivity index (χ1v) is 5.44. The van der Waals surface area contributed by atoms with Crippen molar-refractivity contribution in [3.05, 3.63) is 41.3 Å². The van der Waals surface area contributed by atoms with Crippen LogP contribution in [0.5, 0.6) is 0 Å². The maximum atomic E-state index is 13.4. The third-order valence-electron chi connectivity index (χ3n) is 2.37. The van der Waals surface area contributed by atoms with Crippen LogP contribution in [-0.4, -0.2) is 16.0 Å². The van der Waals surface area contributed by atoms with Crippen LogP contribution < -0.4 is 16.6 Å². The lowest BCUT2D eigenvalue weighted by atomic mass is 10.1. The third kappa shape index (κ3) is 2.86. The standard InChI is InChI=1S/C11H12FN5O2/c1-6-15-9(19-17-6)5-14-11(18)7-3-2-4-8(12)10(7)16-13/h2-4,16H,5,13H2,1H3,(H,14,18). The number of nitrogens with zero attached hydrogens (tertiary/aromatic N) is 2. The molecule has 0 unspecified atom stereocenters. The van der Waals surface area contributed by atoms with E-state index in [2.05, 4.69) is 20.9 Å². The SMILES string of the molecule is Cc1noc(CNC(=O)c2cccc(F)c2NN)n1. The number of carbonyl (C=O) groups is 1. The molecule has 2 aromatic rings. The van der Waals surface area contributed by atoms with Gasteiger partial charge < -0.3 is 15.3 Å². The second kappa shape index (κ2) is 5.44. The summed E-state index contributed by atoms with van der Waals surface area (Å²) in [6.07, 6.45) is 0. The van der Waals surface area contributed by atoms with Gasteiger partial charge in [-0.2, -0.15) is 4.98 Å². The normalized spacial score (nSPS) is 10.3. The Bertz CT molecular complexity index is 599. The fourth-order valence-corrected chi connectivity index (χ4v) is 1.52. The summed E-state index contributed by atoms with van der Waals surface area (Å²) in [7, 11) is 0. The van der Waals surface area contributed by atoms with Crippen molar-refractivity contribution < 1.29 is 13.7 Å². The van der Waals surface area contributed by atoms with Crippen molar-refractivity contribution in [2.75, 3.05) is 5.43 Å². The Morgan fingerprint density at radius 1 is 1.53 bits per heavy atom. The van der Waals surface area contributed by atoms with Crippen LogP contribution in [0.4, 0.5) is 10.1 Å². The summed E-state index contributed by atoms with van der Waals surface area (Å²) in [5.41, 5.74) is 2.19. The molecular formula is C11H12FN5O2. The zero-order chi connectivity index (χ0) is 13.8. The lowest BCUT2D eigenvalue weighted by molar-refractivity contribution is 0.0946. The van der Waals surface area contributed by atoms with E-state index < -0.39 is 11.7 Å². The highest BCUT2D eigenvalue weighted by Gasteiger charge is 2.15. The second-order valence-electron chi connectivity index (χ2n) is 3.72. The Labute approximate surface area is 108 Å². The lowest BCUT2D eigenvalue weighted by Gasteiger charge is -2.09. The van der Waals surface area contributed by atoms with Gasteiger partial charge in [-0.15, -0.1) is 0 Å². The van der Waals surface area contributed by atoms with Crippen LogP contribution in [0.3, 0.4) is 0 Å². The predicted molar refractivity (Wildman–Crippen MR) is 64.4 cm³/mol. The van der Waals surface area contributed by atoms with E-state index in [0.29, 0.717) is 5.82 Å². The first-order chi connectivity index (χ1) is 9.11. The molecule has 7 nitrogen and oxygen atoms in total. The first-order valence-electron chi connectivity index (χ1n) is 5.44. The number of nitrogens with two attached hydrogens (primary N) is 1. The Morgan fingerprint density at radius 3 is 2.95 bits per heavy atom. The van der Waals surface area contributed by atoms with Crippen LogP contribution in [0, 0.1) is 12.7 Å². The molecule has 0 aliphatic rings. The van der Waals surface area contributed by atoms with Crippen molar-refractivity contribution in [2.24, 2.45) is 5.84 Å². The number of hydrogen-bond acceptors (Lipinski definition) is 6. The van der Waals surface area contributed by atoms with E-state index in [0.717, 1.165) is 0 Å². The van der Waals surface area contributed by atoms with E-state index in [1.54, 1.807) is 6.92 Å². The van der Waals surface area contributed by atoms with E-state index >= 15 is 0 Å². The van der Waals surface area contributed by atoms with Gasteiger partial charge in [0.15, 0.2) is 5.82 Å². The zero-order valence-electron chi connectivity index (χ0n) is 10.1. The van der Waals surface area contributed by atoms with Crippen LogP contribution >= 0.6 is 0 Å². The number of nitrogens with one attached hydrogen (secondary N) is 2. The van der Waals surface area contributed by atoms with E-state index in [1.807, 2.05) is 0 Å². The first kappa shape index (κ1) is 13.0. The molecule has 0 aliphatic carbocycles. The summed E-state index contributed by atoms with van der Waals surface area (Å²) in [4.78, 5) is 15.8. The zero-order valence-corrected chi connectivity index (χ0v) is 10.1. The number of benzene rings is 1. The Hall–Kier alpha value is -2.48. The van der Waals surface area contributed by atoms with Gasteiger partial charge in [0.05, 0.1) is 17.8 Å². The molecular weight excluding hydrogens is 253 g/mol. The lowest BCUT2D eigenvalue weighted by Crippen LogP contribution is -2.25. The van der Waals surface area contributed by atoms with Crippen LogP contribution in [0.15, 0.2) is 22.7 Å². The highest BCUT2D eigenvalue weighted by molar-refractivity contribution is 5.99. The van der Waals surface area contributed by atoms with Crippen LogP contribution in [-0.2, 0) is 6.54 Å². The quantitative estimate of drug-likeness (QED) is 0.556. The van der Waals surface area contributed by atoms with E-state index in [-0.39, 0.29) is 23.7 Å². The van der Waals surface area contributed by atoms with Gasteiger partial charge in [-0.25, -0.2) is 4.39 Å². The molecule has 0 spiro atoms. The summed E-state index contributed by atoms with van der Waals surface area (Å²) in [5.74, 6) is 4.82. The molecule has 100 valence electrons. The van der Waals surface area contributed by atoms with Gasteiger partial charge in [0.25, 0.3) is 5.91 Å². The van der Waals surface area contributed by atoms with Gasteiger partial charge in [-0.1, -0.05) is 11.2 Å². The minimum absolute atomic E-state index is 0.0558. The molecule has 1 aromatic carbocycles. The molecule has 1 amide bonds. The Kier molecular flexibility index (Phi) is 3.71. The molecule has 0 radical (unpaired) electrons. The number of para-hydroxylation sites is 1. The molecule has 19 heavy (non-hydrogen) atoms. The largest absolute Gasteiger partial charge is 0.343 e. The van der Waals surface area contributed by atoms with Gasteiger partial charge in [0.2, 0.25) is 5.89 Å². The Balaban J connectivity index is 2.10. The average molecular weight is 265 g/mol. The minimum Gasteiger partial charge on any atom is -0.343 e. The summed E-state index contributed by atoms with van der Waals surface area (Å²) >= 11 is 0. The van der Waals surface area contributed by atoms with Crippen molar-refractivity contribution in [1.82, 2.24) is 15.5 Å². The number of aryl methyl sites for hydroxylation is 1. The topological polar surface area (TPSA) is 106 Å².